The van der Waals surface area contributed by atoms with Gasteiger partial charge in [-0.3, -0.25) is 4.79 Å². The molecule has 0 aromatic carbocycles. The molecule has 0 aliphatic carbocycles. The van der Waals surface area contributed by atoms with Gasteiger partial charge < -0.3 is 16.2 Å². The lowest BCUT2D eigenvalue weighted by atomic mass is 10.0. The van der Waals surface area contributed by atoms with Gasteiger partial charge in [0, 0.05) is 12.8 Å². The molecule has 0 heterocycles. The van der Waals surface area contributed by atoms with Gasteiger partial charge in [-0.15, -0.1) is 0 Å². The monoisotopic (exact) mass is 266 g/mol. The van der Waals surface area contributed by atoms with Gasteiger partial charge in [-0.05, 0) is 19.8 Å². The van der Waals surface area contributed by atoms with Crippen LogP contribution in [0.15, 0.2) is 0 Å². The summed E-state index contributed by atoms with van der Waals surface area (Å²) in [6.07, 6.45) is 1.68. The van der Waals surface area contributed by atoms with Crippen LogP contribution in [-0.4, -0.2) is 49.6 Å². The van der Waals surface area contributed by atoms with Crippen LogP contribution in [0.5, 0.6) is 0 Å². The molecule has 4 N–H and O–H groups in total. The molecule has 1 amide bonds. The first-order chi connectivity index (χ1) is 7.57. The van der Waals surface area contributed by atoms with Crippen molar-refractivity contribution < 1.29 is 18.3 Å². The van der Waals surface area contributed by atoms with E-state index in [9.17, 15) is 18.3 Å². The molecule has 0 rings (SSSR count). The van der Waals surface area contributed by atoms with E-state index in [4.69, 9.17) is 5.73 Å². The van der Waals surface area contributed by atoms with Crippen molar-refractivity contribution in [2.45, 2.75) is 38.3 Å². The van der Waals surface area contributed by atoms with Crippen LogP contribution in [0.25, 0.3) is 0 Å². The van der Waals surface area contributed by atoms with Crippen molar-refractivity contribution in [2.24, 2.45) is 5.73 Å². The van der Waals surface area contributed by atoms with Crippen LogP contribution >= 0.6 is 0 Å². The largest absolute Gasteiger partial charge is 0.388 e. The molecule has 102 valence electrons. The summed E-state index contributed by atoms with van der Waals surface area (Å²) >= 11 is 0. The lowest BCUT2D eigenvalue weighted by Gasteiger charge is -2.22. The van der Waals surface area contributed by atoms with Gasteiger partial charge in [0.2, 0.25) is 5.91 Å². The molecule has 0 radical (unpaired) electrons. The molecule has 0 saturated heterocycles. The summed E-state index contributed by atoms with van der Waals surface area (Å²) in [5.74, 6) is -0.562. The number of hydrogen-bond acceptors (Lipinski definition) is 5. The smallest absolute Gasteiger partial charge is 0.237 e. The third-order valence-corrected chi connectivity index (χ3v) is 3.52. The van der Waals surface area contributed by atoms with Gasteiger partial charge in [0.25, 0.3) is 0 Å². The predicted molar refractivity (Wildman–Crippen MR) is 66.2 cm³/mol. The number of aliphatic hydroxyl groups is 1. The highest BCUT2D eigenvalue weighted by atomic mass is 32.2. The van der Waals surface area contributed by atoms with E-state index < -0.39 is 27.4 Å². The summed E-state index contributed by atoms with van der Waals surface area (Å²) in [6, 6.07) is -0.864. The number of hydrogen-bond donors (Lipinski definition) is 3. The Balaban J connectivity index is 4.07. The van der Waals surface area contributed by atoms with Gasteiger partial charge in [-0.1, -0.05) is 6.92 Å². The third kappa shape index (κ3) is 8.12. The molecule has 0 aromatic heterocycles. The van der Waals surface area contributed by atoms with Crippen molar-refractivity contribution in [3.63, 3.8) is 0 Å². The first-order valence-corrected chi connectivity index (χ1v) is 7.57. The number of sulfone groups is 1. The Morgan fingerprint density at radius 2 is 2.06 bits per heavy atom. The van der Waals surface area contributed by atoms with E-state index in [1.807, 2.05) is 0 Å². The molecule has 0 aliphatic rings. The summed E-state index contributed by atoms with van der Waals surface area (Å²) in [6.45, 7) is 3.51. The zero-order valence-corrected chi connectivity index (χ0v) is 11.4. The molecule has 6 nitrogen and oxygen atoms in total. The number of nitrogens with one attached hydrogen (secondary N) is 1. The molecule has 2 unspecified atom stereocenters. The van der Waals surface area contributed by atoms with E-state index in [2.05, 4.69) is 5.32 Å². The minimum Gasteiger partial charge on any atom is -0.388 e. The second-order valence-electron chi connectivity index (χ2n) is 4.59. The highest BCUT2D eigenvalue weighted by Gasteiger charge is 2.21. The molecule has 17 heavy (non-hydrogen) atoms. The van der Waals surface area contributed by atoms with Crippen LogP contribution in [0, 0.1) is 0 Å². The van der Waals surface area contributed by atoms with Crippen LogP contribution in [0.1, 0.15) is 26.7 Å². The summed E-state index contributed by atoms with van der Waals surface area (Å²) in [5.41, 5.74) is 4.57. The van der Waals surface area contributed by atoms with Crippen LogP contribution in [-0.2, 0) is 14.6 Å². The molecule has 7 heteroatoms. The van der Waals surface area contributed by atoms with Gasteiger partial charge in [-0.2, -0.15) is 0 Å². The van der Waals surface area contributed by atoms with E-state index >= 15 is 0 Å². The molecule has 0 bridgehead atoms. The summed E-state index contributed by atoms with van der Waals surface area (Å²) in [4.78, 5) is 11.5. The Morgan fingerprint density at radius 1 is 1.53 bits per heavy atom. The minimum atomic E-state index is -3.11. The number of amides is 1. The van der Waals surface area contributed by atoms with Crippen LogP contribution in [0.3, 0.4) is 0 Å². The lowest BCUT2D eigenvalue weighted by Crippen LogP contribution is -2.47. The SMILES string of the molecule is CCC(C)(O)CNC(=O)C(N)CCS(C)(=O)=O. The van der Waals surface area contributed by atoms with E-state index in [1.165, 1.54) is 0 Å². The maximum atomic E-state index is 11.5. The summed E-state index contributed by atoms with van der Waals surface area (Å²) < 4.78 is 21.8. The van der Waals surface area contributed by atoms with Crippen molar-refractivity contribution in [1.82, 2.24) is 5.32 Å². The number of rotatable bonds is 7. The zero-order chi connectivity index (χ0) is 13.7. The molecule has 0 aromatic rings. The lowest BCUT2D eigenvalue weighted by molar-refractivity contribution is -0.123. The van der Waals surface area contributed by atoms with Gasteiger partial charge in [0.1, 0.15) is 9.84 Å². The quantitative estimate of drug-likeness (QED) is 0.549. The summed E-state index contributed by atoms with van der Waals surface area (Å²) in [5, 5.41) is 12.2. The number of carbonyl (C=O) groups is 1. The Labute approximate surface area is 102 Å². The maximum absolute atomic E-state index is 11.5. The molecular formula is C10H22N2O4S. The molecule has 2 atom stereocenters. The van der Waals surface area contributed by atoms with Crippen molar-refractivity contribution >= 4 is 15.7 Å². The fourth-order valence-electron chi connectivity index (χ4n) is 1.01. The second-order valence-corrected chi connectivity index (χ2v) is 6.85. The van der Waals surface area contributed by atoms with Crippen LogP contribution in [0.2, 0.25) is 0 Å². The Hall–Kier alpha value is -0.660. The van der Waals surface area contributed by atoms with Crippen molar-refractivity contribution in [3.8, 4) is 0 Å². The highest BCUT2D eigenvalue weighted by Crippen LogP contribution is 2.06. The second kappa shape index (κ2) is 6.32. The molecule has 0 aliphatic heterocycles. The van der Waals surface area contributed by atoms with Crippen molar-refractivity contribution in [3.05, 3.63) is 0 Å². The minimum absolute atomic E-state index is 0.0823. The first kappa shape index (κ1) is 16.3. The number of carbonyl (C=O) groups excluding carboxylic acids is 1. The topological polar surface area (TPSA) is 109 Å². The standard InChI is InChI=1S/C10H22N2O4S/c1-4-10(2,14)7-12-9(13)8(11)5-6-17(3,15)16/h8,14H,4-7,11H2,1-3H3,(H,12,13). The molecule has 0 fully saturated rings. The highest BCUT2D eigenvalue weighted by molar-refractivity contribution is 7.90. The van der Waals surface area contributed by atoms with Crippen LogP contribution in [0.4, 0.5) is 0 Å². The van der Waals surface area contributed by atoms with Crippen LogP contribution < -0.4 is 11.1 Å². The van der Waals surface area contributed by atoms with Crippen molar-refractivity contribution in [1.29, 1.82) is 0 Å². The number of nitrogens with two attached hydrogens (primary N) is 1. The van der Waals surface area contributed by atoms with Gasteiger partial charge in [0.05, 0.1) is 17.4 Å². The molecular weight excluding hydrogens is 244 g/mol. The fourth-order valence-corrected chi connectivity index (χ4v) is 1.69. The maximum Gasteiger partial charge on any atom is 0.237 e. The van der Waals surface area contributed by atoms with E-state index in [1.54, 1.807) is 13.8 Å². The van der Waals surface area contributed by atoms with E-state index in [-0.39, 0.29) is 18.7 Å². The zero-order valence-electron chi connectivity index (χ0n) is 10.6. The molecule has 0 saturated carbocycles. The van der Waals surface area contributed by atoms with E-state index in [0.717, 1.165) is 6.26 Å². The Morgan fingerprint density at radius 3 is 2.47 bits per heavy atom. The Kier molecular flexibility index (Phi) is 6.08. The molecule has 0 spiro atoms. The third-order valence-electron chi connectivity index (χ3n) is 2.54. The van der Waals surface area contributed by atoms with Gasteiger partial charge in [0.15, 0.2) is 0 Å². The van der Waals surface area contributed by atoms with E-state index in [0.29, 0.717) is 6.42 Å². The van der Waals surface area contributed by atoms with Gasteiger partial charge in [-0.25, -0.2) is 8.42 Å². The first-order valence-electron chi connectivity index (χ1n) is 5.51. The normalized spacial score (nSPS) is 17.2. The average molecular weight is 266 g/mol. The summed E-state index contributed by atoms with van der Waals surface area (Å²) in [7, 11) is -3.11. The fraction of sp³-hybridized carbons (Fsp3) is 0.900. The predicted octanol–water partition coefficient (Wildman–Crippen LogP) is -0.974. The average Bonchev–Trinajstić information content (AvgIpc) is 2.21. The van der Waals surface area contributed by atoms with Gasteiger partial charge >= 0.3 is 0 Å². The Bertz CT molecular complexity index is 351. The van der Waals surface area contributed by atoms with Crippen molar-refractivity contribution in [2.75, 3.05) is 18.6 Å².